The zero-order chi connectivity index (χ0) is 20.2. The summed E-state index contributed by atoms with van der Waals surface area (Å²) in [7, 11) is 0. The highest BCUT2D eigenvalue weighted by molar-refractivity contribution is 5.79. The van der Waals surface area contributed by atoms with Gasteiger partial charge in [0.05, 0.1) is 5.69 Å². The van der Waals surface area contributed by atoms with E-state index < -0.39 is 11.9 Å². The Morgan fingerprint density at radius 3 is 2.34 bits per heavy atom. The number of nitrogens with one attached hydrogen (secondary N) is 1. The van der Waals surface area contributed by atoms with Crippen molar-refractivity contribution in [2.75, 3.05) is 18.9 Å². The van der Waals surface area contributed by atoms with Crippen LogP contribution in [0.5, 0.6) is 0 Å². The molecule has 4 nitrogen and oxygen atoms in total. The molecule has 0 fully saturated rings. The van der Waals surface area contributed by atoms with Crippen molar-refractivity contribution in [3.05, 3.63) is 95.3 Å². The molecule has 0 aliphatic heterocycles. The Morgan fingerprint density at radius 2 is 1.66 bits per heavy atom. The molecule has 1 aliphatic carbocycles. The van der Waals surface area contributed by atoms with Gasteiger partial charge in [-0.3, -0.25) is 0 Å². The maximum atomic E-state index is 13.4. The zero-order valence-corrected chi connectivity index (χ0v) is 15.8. The van der Waals surface area contributed by atoms with Gasteiger partial charge in [0.2, 0.25) is 0 Å². The summed E-state index contributed by atoms with van der Waals surface area (Å²) in [5.74, 6) is -0.438. The van der Waals surface area contributed by atoms with Crippen molar-refractivity contribution in [2.24, 2.45) is 0 Å². The van der Waals surface area contributed by atoms with Gasteiger partial charge in [0.1, 0.15) is 12.4 Å². The first kappa shape index (κ1) is 18.7. The summed E-state index contributed by atoms with van der Waals surface area (Å²) in [6.07, 6.45) is 2.87. The van der Waals surface area contributed by atoms with E-state index in [0.29, 0.717) is 5.56 Å². The molecule has 0 heterocycles. The smallest absolute Gasteiger partial charge is 0.407 e. The molecule has 3 aromatic carbocycles. The van der Waals surface area contributed by atoms with Crippen LogP contribution < -0.4 is 11.1 Å². The minimum atomic E-state index is -0.497. The van der Waals surface area contributed by atoms with Crippen LogP contribution in [0.4, 0.5) is 14.9 Å². The van der Waals surface area contributed by atoms with Crippen LogP contribution in [-0.2, 0) is 4.74 Å². The van der Waals surface area contributed by atoms with Gasteiger partial charge in [-0.1, -0.05) is 72.8 Å². The van der Waals surface area contributed by atoms with Gasteiger partial charge in [-0.05, 0) is 28.3 Å². The van der Waals surface area contributed by atoms with Crippen molar-refractivity contribution in [3.8, 4) is 11.1 Å². The number of alkyl carbamates (subject to hydrolysis) is 1. The Balaban J connectivity index is 1.34. The van der Waals surface area contributed by atoms with E-state index in [9.17, 15) is 9.18 Å². The normalized spacial score (nSPS) is 12.6. The number of nitrogens with two attached hydrogens (primary N) is 1. The SMILES string of the molecule is Nc1c(F)cccc1C=CCNC(=O)OCC1c2ccccc2-c2ccccc21. The highest BCUT2D eigenvalue weighted by atomic mass is 19.1. The molecular formula is C24H21FN2O2. The average molecular weight is 388 g/mol. The van der Waals surface area contributed by atoms with Gasteiger partial charge in [0.15, 0.2) is 0 Å². The van der Waals surface area contributed by atoms with Crippen LogP contribution in [0, 0.1) is 5.82 Å². The lowest BCUT2D eigenvalue weighted by molar-refractivity contribution is 0.144. The maximum Gasteiger partial charge on any atom is 0.407 e. The van der Waals surface area contributed by atoms with Gasteiger partial charge in [-0.25, -0.2) is 9.18 Å². The van der Waals surface area contributed by atoms with E-state index in [4.69, 9.17) is 10.5 Å². The molecule has 0 unspecified atom stereocenters. The van der Waals surface area contributed by atoms with E-state index in [-0.39, 0.29) is 24.8 Å². The standard InChI is InChI=1S/C24H21FN2O2/c25-22-13-5-7-16(23(22)26)8-6-14-27-24(28)29-15-21-19-11-3-1-9-17(19)18-10-2-4-12-20(18)21/h1-13,21H,14-15,26H2,(H,27,28). The molecule has 0 bridgehead atoms. The number of hydrogen-bond donors (Lipinski definition) is 2. The largest absolute Gasteiger partial charge is 0.449 e. The zero-order valence-electron chi connectivity index (χ0n) is 15.8. The molecule has 0 aromatic heterocycles. The lowest BCUT2D eigenvalue weighted by atomic mass is 9.98. The highest BCUT2D eigenvalue weighted by Gasteiger charge is 2.28. The Labute approximate surface area is 168 Å². The predicted molar refractivity (Wildman–Crippen MR) is 113 cm³/mol. The molecule has 29 heavy (non-hydrogen) atoms. The number of nitrogen functional groups attached to an aromatic ring is 1. The van der Waals surface area contributed by atoms with Crippen molar-refractivity contribution >= 4 is 17.9 Å². The van der Waals surface area contributed by atoms with E-state index in [1.54, 1.807) is 24.3 Å². The van der Waals surface area contributed by atoms with Gasteiger partial charge in [0.25, 0.3) is 0 Å². The molecule has 0 spiro atoms. The number of amides is 1. The topological polar surface area (TPSA) is 64.3 Å². The van der Waals surface area contributed by atoms with Crippen molar-refractivity contribution < 1.29 is 13.9 Å². The van der Waals surface area contributed by atoms with Crippen molar-refractivity contribution in [3.63, 3.8) is 0 Å². The number of ether oxygens (including phenoxy) is 1. The Bertz CT molecular complexity index is 1030. The van der Waals surface area contributed by atoms with Crippen molar-refractivity contribution in [1.82, 2.24) is 5.32 Å². The second-order valence-electron chi connectivity index (χ2n) is 6.85. The number of hydrogen-bond acceptors (Lipinski definition) is 3. The third-order valence-corrected chi connectivity index (χ3v) is 5.09. The lowest BCUT2D eigenvalue weighted by Gasteiger charge is -2.14. The average Bonchev–Trinajstić information content (AvgIpc) is 3.06. The van der Waals surface area contributed by atoms with Crippen molar-refractivity contribution in [2.45, 2.75) is 5.92 Å². The van der Waals surface area contributed by atoms with Gasteiger partial charge in [0, 0.05) is 18.0 Å². The number of para-hydroxylation sites is 1. The second kappa shape index (κ2) is 8.19. The minimum absolute atomic E-state index is 0.0239. The molecule has 1 aliphatic rings. The third kappa shape index (κ3) is 3.85. The number of halogens is 1. The Morgan fingerprint density at radius 1 is 1.00 bits per heavy atom. The van der Waals surface area contributed by atoms with Gasteiger partial charge in [-0.2, -0.15) is 0 Å². The van der Waals surface area contributed by atoms with Crippen LogP contribution in [0.15, 0.2) is 72.8 Å². The summed E-state index contributed by atoms with van der Waals surface area (Å²) in [6.45, 7) is 0.521. The fourth-order valence-corrected chi connectivity index (χ4v) is 3.68. The summed E-state index contributed by atoms with van der Waals surface area (Å²) in [4.78, 5) is 12.1. The predicted octanol–water partition coefficient (Wildman–Crippen LogP) is 4.96. The van der Waals surface area contributed by atoms with Crippen LogP contribution in [0.3, 0.4) is 0 Å². The molecule has 0 atom stereocenters. The molecule has 5 heteroatoms. The first-order chi connectivity index (χ1) is 14.1. The molecular weight excluding hydrogens is 367 g/mol. The number of fused-ring (bicyclic) bond motifs is 3. The third-order valence-electron chi connectivity index (χ3n) is 5.09. The van der Waals surface area contributed by atoms with Crippen LogP contribution in [0.25, 0.3) is 17.2 Å². The molecule has 0 radical (unpaired) electrons. The number of benzene rings is 3. The molecule has 3 aromatic rings. The van der Waals surface area contributed by atoms with Crippen molar-refractivity contribution in [1.29, 1.82) is 0 Å². The van der Waals surface area contributed by atoms with E-state index in [2.05, 4.69) is 29.6 Å². The number of anilines is 1. The summed E-state index contributed by atoms with van der Waals surface area (Å²) in [5.41, 5.74) is 11.1. The van der Waals surface area contributed by atoms with Crippen LogP contribution in [0.1, 0.15) is 22.6 Å². The maximum absolute atomic E-state index is 13.4. The van der Waals surface area contributed by atoms with E-state index in [1.165, 1.54) is 28.3 Å². The monoisotopic (exact) mass is 388 g/mol. The van der Waals surface area contributed by atoms with Crippen LogP contribution in [-0.4, -0.2) is 19.2 Å². The van der Waals surface area contributed by atoms with Gasteiger partial charge < -0.3 is 15.8 Å². The fraction of sp³-hybridized carbons (Fsp3) is 0.125. The van der Waals surface area contributed by atoms with E-state index >= 15 is 0 Å². The quantitative estimate of drug-likeness (QED) is 0.607. The van der Waals surface area contributed by atoms with Gasteiger partial charge in [-0.15, -0.1) is 0 Å². The molecule has 0 saturated heterocycles. The molecule has 3 N–H and O–H groups in total. The minimum Gasteiger partial charge on any atom is -0.449 e. The van der Waals surface area contributed by atoms with E-state index in [0.717, 1.165) is 0 Å². The summed E-state index contributed by atoms with van der Waals surface area (Å²) in [5, 5.41) is 2.68. The summed E-state index contributed by atoms with van der Waals surface area (Å²) in [6, 6.07) is 21.0. The summed E-state index contributed by atoms with van der Waals surface area (Å²) < 4.78 is 18.9. The molecule has 4 rings (SSSR count). The molecule has 0 saturated carbocycles. The highest BCUT2D eigenvalue weighted by Crippen LogP contribution is 2.44. The van der Waals surface area contributed by atoms with Crippen LogP contribution >= 0.6 is 0 Å². The summed E-state index contributed by atoms with van der Waals surface area (Å²) >= 11 is 0. The van der Waals surface area contributed by atoms with E-state index in [1.807, 2.05) is 24.3 Å². The Hall–Kier alpha value is -3.60. The number of carbonyl (C=O) groups excluding carboxylic acids is 1. The number of rotatable bonds is 5. The molecule has 146 valence electrons. The van der Waals surface area contributed by atoms with Crippen LogP contribution in [0.2, 0.25) is 0 Å². The second-order valence-corrected chi connectivity index (χ2v) is 6.85. The first-order valence-electron chi connectivity index (χ1n) is 9.44. The first-order valence-corrected chi connectivity index (χ1v) is 9.44. The Kier molecular flexibility index (Phi) is 5.29. The lowest BCUT2D eigenvalue weighted by Crippen LogP contribution is -2.26. The fourth-order valence-electron chi connectivity index (χ4n) is 3.68. The van der Waals surface area contributed by atoms with Gasteiger partial charge >= 0.3 is 6.09 Å². The number of carbonyl (C=O) groups is 1. The molecule has 1 amide bonds.